The summed E-state index contributed by atoms with van der Waals surface area (Å²) in [4.78, 5) is 0.0106. The molecule has 0 atom stereocenters. The Morgan fingerprint density at radius 3 is 2.32 bits per heavy atom. The summed E-state index contributed by atoms with van der Waals surface area (Å²) >= 11 is 0. The number of rotatable bonds is 6. The molecule has 0 bridgehead atoms. The molecule has 118 valence electrons. The van der Waals surface area contributed by atoms with E-state index in [1.807, 2.05) is 6.92 Å². The van der Waals surface area contributed by atoms with E-state index in [1.54, 1.807) is 12.1 Å². The maximum Gasteiger partial charge on any atom is 0.261 e. The van der Waals surface area contributed by atoms with Crippen molar-refractivity contribution in [1.82, 2.24) is 5.32 Å². The molecule has 22 heavy (non-hydrogen) atoms. The fraction of sp³-hybridized carbons (Fsp3) is 0.200. The van der Waals surface area contributed by atoms with Crippen molar-refractivity contribution in [2.24, 2.45) is 0 Å². The molecule has 2 N–H and O–H groups in total. The second-order valence-electron chi connectivity index (χ2n) is 4.65. The van der Waals surface area contributed by atoms with Crippen molar-refractivity contribution in [2.45, 2.75) is 18.4 Å². The van der Waals surface area contributed by atoms with E-state index < -0.39 is 21.7 Å². The van der Waals surface area contributed by atoms with Gasteiger partial charge in [0.2, 0.25) is 0 Å². The van der Waals surface area contributed by atoms with Crippen LogP contribution in [0.4, 0.5) is 14.5 Å². The van der Waals surface area contributed by atoms with Gasteiger partial charge in [-0.15, -0.1) is 0 Å². The van der Waals surface area contributed by atoms with Gasteiger partial charge in [-0.05, 0) is 36.4 Å². The first-order chi connectivity index (χ1) is 10.4. The number of benzene rings is 2. The van der Waals surface area contributed by atoms with E-state index in [4.69, 9.17) is 0 Å². The van der Waals surface area contributed by atoms with Gasteiger partial charge in [-0.2, -0.15) is 0 Å². The largest absolute Gasteiger partial charge is 0.313 e. The van der Waals surface area contributed by atoms with Crippen molar-refractivity contribution < 1.29 is 17.2 Å². The van der Waals surface area contributed by atoms with Crippen LogP contribution in [-0.2, 0) is 16.6 Å². The summed E-state index contributed by atoms with van der Waals surface area (Å²) in [5.74, 6) is -1.74. The van der Waals surface area contributed by atoms with Crippen molar-refractivity contribution >= 4 is 15.7 Å². The molecule has 0 aromatic heterocycles. The van der Waals surface area contributed by atoms with Crippen molar-refractivity contribution in [3.63, 3.8) is 0 Å². The van der Waals surface area contributed by atoms with Gasteiger partial charge in [0.25, 0.3) is 10.0 Å². The third kappa shape index (κ3) is 4.02. The normalized spacial score (nSPS) is 11.4. The zero-order valence-corrected chi connectivity index (χ0v) is 12.8. The molecule has 0 heterocycles. The maximum atomic E-state index is 13.5. The number of hydrogen-bond donors (Lipinski definition) is 2. The molecular weight excluding hydrogens is 310 g/mol. The molecule has 2 aromatic rings. The van der Waals surface area contributed by atoms with E-state index in [0.717, 1.165) is 24.2 Å². The van der Waals surface area contributed by atoms with Gasteiger partial charge in [-0.1, -0.05) is 19.1 Å². The number of halogens is 2. The SMILES string of the molecule is CCNCc1ccc(S(=O)(=O)Nc2ccc(F)cc2F)cc1. The van der Waals surface area contributed by atoms with E-state index in [0.29, 0.717) is 12.6 Å². The fourth-order valence-corrected chi connectivity index (χ4v) is 2.90. The summed E-state index contributed by atoms with van der Waals surface area (Å²) in [6, 6.07) is 8.89. The average molecular weight is 326 g/mol. The first-order valence-electron chi connectivity index (χ1n) is 6.70. The first-order valence-corrected chi connectivity index (χ1v) is 8.18. The molecule has 4 nitrogen and oxygen atoms in total. The number of nitrogens with one attached hydrogen (secondary N) is 2. The summed E-state index contributed by atoms with van der Waals surface area (Å²) in [5.41, 5.74) is 0.645. The van der Waals surface area contributed by atoms with E-state index in [2.05, 4.69) is 10.0 Å². The molecule has 0 radical (unpaired) electrons. The molecule has 0 aliphatic heterocycles. The molecule has 2 aromatic carbocycles. The molecule has 7 heteroatoms. The maximum absolute atomic E-state index is 13.5. The highest BCUT2D eigenvalue weighted by molar-refractivity contribution is 7.92. The summed E-state index contributed by atoms with van der Waals surface area (Å²) in [6.07, 6.45) is 0. The Kier molecular flexibility index (Phi) is 5.10. The number of sulfonamides is 1. The predicted octanol–water partition coefficient (Wildman–Crippen LogP) is 2.88. The summed E-state index contributed by atoms with van der Waals surface area (Å²) < 4.78 is 52.8. The van der Waals surface area contributed by atoms with Crippen LogP contribution in [0.5, 0.6) is 0 Å². The second kappa shape index (κ2) is 6.85. The van der Waals surface area contributed by atoms with Crippen molar-refractivity contribution in [1.29, 1.82) is 0 Å². The Labute approximate surface area is 128 Å². The number of anilines is 1. The highest BCUT2D eigenvalue weighted by Gasteiger charge is 2.16. The Morgan fingerprint density at radius 1 is 1.05 bits per heavy atom. The molecular formula is C15H16F2N2O2S. The second-order valence-corrected chi connectivity index (χ2v) is 6.34. The van der Waals surface area contributed by atoms with Crippen molar-refractivity contribution in [3.05, 3.63) is 59.7 Å². The third-order valence-corrected chi connectivity index (χ3v) is 4.37. The molecule has 0 aliphatic carbocycles. The van der Waals surface area contributed by atoms with Gasteiger partial charge in [-0.25, -0.2) is 17.2 Å². The monoisotopic (exact) mass is 326 g/mol. The van der Waals surface area contributed by atoms with Gasteiger partial charge < -0.3 is 5.32 Å². The van der Waals surface area contributed by atoms with Crippen LogP contribution < -0.4 is 10.0 Å². The molecule has 0 unspecified atom stereocenters. The first kappa shape index (κ1) is 16.4. The minimum atomic E-state index is -3.92. The van der Waals surface area contributed by atoms with Crippen LogP contribution in [0, 0.1) is 11.6 Å². The van der Waals surface area contributed by atoms with Crippen LogP contribution >= 0.6 is 0 Å². The van der Waals surface area contributed by atoms with E-state index in [1.165, 1.54) is 12.1 Å². The summed E-state index contributed by atoms with van der Waals surface area (Å²) in [6.45, 7) is 3.42. The minimum Gasteiger partial charge on any atom is -0.313 e. The van der Waals surface area contributed by atoms with Crippen LogP contribution in [0.3, 0.4) is 0 Å². The van der Waals surface area contributed by atoms with Crippen LogP contribution in [0.25, 0.3) is 0 Å². The highest BCUT2D eigenvalue weighted by Crippen LogP contribution is 2.20. The molecule has 0 saturated heterocycles. The molecule has 0 saturated carbocycles. The summed E-state index contributed by atoms with van der Waals surface area (Å²) in [7, 11) is -3.92. The van der Waals surface area contributed by atoms with Crippen LogP contribution in [0.15, 0.2) is 47.4 Å². The Bertz CT molecular complexity index is 747. The Hall–Kier alpha value is -1.99. The Morgan fingerprint density at radius 2 is 1.73 bits per heavy atom. The summed E-state index contributed by atoms with van der Waals surface area (Å²) in [5, 5.41) is 3.13. The van der Waals surface area contributed by atoms with Gasteiger partial charge in [0.05, 0.1) is 10.6 Å². The highest BCUT2D eigenvalue weighted by atomic mass is 32.2. The van der Waals surface area contributed by atoms with Gasteiger partial charge in [0.1, 0.15) is 11.6 Å². The molecule has 0 fully saturated rings. The zero-order chi connectivity index (χ0) is 16.2. The zero-order valence-electron chi connectivity index (χ0n) is 11.9. The van der Waals surface area contributed by atoms with E-state index in [9.17, 15) is 17.2 Å². The van der Waals surface area contributed by atoms with Gasteiger partial charge in [0, 0.05) is 12.6 Å². The predicted molar refractivity (Wildman–Crippen MR) is 81.0 cm³/mol. The van der Waals surface area contributed by atoms with E-state index in [-0.39, 0.29) is 10.6 Å². The van der Waals surface area contributed by atoms with Gasteiger partial charge in [0.15, 0.2) is 0 Å². The van der Waals surface area contributed by atoms with Crippen molar-refractivity contribution in [3.8, 4) is 0 Å². The number of hydrogen-bond acceptors (Lipinski definition) is 3. The molecule has 2 rings (SSSR count). The molecule has 0 spiro atoms. The van der Waals surface area contributed by atoms with Gasteiger partial charge >= 0.3 is 0 Å². The lowest BCUT2D eigenvalue weighted by atomic mass is 10.2. The third-order valence-electron chi connectivity index (χ3n) is 2.99. The van der Waals surface area contributed by atoms with Crippen LogP contribution in [-0.4, -0.2) is 15.0 Å². The lowest BCUT2D eigenvalue weighted by molar-refractivity contribution is 0.583. The Balaban J connectivity index is 2.19. The topological polar surface area (TPSA) is 58.2 Å². The van der Waals surface area contributed by atoms with Crippen molar-refractivity contribution in [2.75, 3.05) is 11.3 Å². The standard InChI is InChI=1S/C15H16F2N2O2S/c1-2-18-10-11-3-6-13(7-4-11)22(20,21)19-15-8-5-12(16)9-14(15)17/h3-9,18-19H,2,10H2,1H3. The quantitative estimate of drug-likeness (QED) is 0.858. The smallest absolute Gasteiger partial charge is 0.261 e. The fourth-order valence-electron chi connectivity index (χ4n) is 1.83. The lowest BCUT2D eigenvalue weighted by Gasteiger charge is -2.10. The van der Waals surface area contributed by atoms with E-state index >= 15 is 0 Å². The molecule has 0 aliphatic rings. The molecule has 0 amide bonds. The van der Waals surface area contributed by atoms with Crippen LogP contribution in [0.2, 0.25) is 0 Å². The van der Waals surface area contributed by atoms with Crippen LogP contribution in [0.1, 0.15) is 12.5 Å². The lowest BCUT2D eigenvalue weighted by Crippen LogP contribution is -2.15. The average Bonchev–Trinajstić information content (AvgIpc) is 2.48. The minimum absolute atomic E-state index is 0.0106. The van der Waals surface area contributed by atoms with Gasteiger partial charge in [-0.3, -0.25) is 4.72 Å².